The number of imide groups is 1. The molecular weight excluding hydrogens is 373 g/mol. The van der Waals surface area contributed by atoms with Crippen LogP contribution >= 0.6 is 11.3 Å². The third-order valence-corrected chi connectivity index (χ3v) is 5.47. The van der Waals surface area contributed by atoms with Crippen molar-refractivity contribution in [3.05, 3.63) is 16.1 Å². The molecule has 0 spiro atoms. The van der Waals surface area contributed by atoms with Crippen LogP contribution in [-0.2, 0) is 4.79 Å². The summed E-state index contributed by atoms with van der Waals surface area (Å²) in [7, 11) is 0. The highest BCUT2D eigenvalue weighted by Gasteiger charge is 2.45. The first kappa shape index (κ1) is 18.6. The number of halogens is 3. The molecule has 142 valence electrons. The highest BCUT2D eigenvalue weighted by molar-refractivity contribution is 7.11. The number of hydrogen-bond acceptors (Lipinski definition) is 5. The maximum absolute atomic E-state index is 12.5. The number of thiazole rings is 1. The number of hydrogen-bond donors (Lipinski definition) is 0. The number of urea groups is 1. The third kappa shape index (κ3) is 3.67. The predicted octanol–water partition coefficient (Wildman–Crippen LogP) is 1.88. The first-order chi connectivity index (χ1) is 12.2. The summed E-state index contributed by atoms with van der Waals surface area (Å²) in [5, 5.41) is 0. The Kier molecular flexibility index (Phi) is 4.91. The van der Waals surface area contributed by atoms with Gasteiger partial charge in [0.1, 0.15) is 18.0 Å². The van der Waals surface area contributed by atoms with Crippen molar-refractivity contribution in [3.8, 4) is 0 Å². The third-order valence-electron chi connectivity index (χ3n) is 4.55. The average molecular weight is 390 g/mol. The molecule has 2 saturated heterocycles. The van der Waals surface area contributed by atoms with E-state index in [1.807, 2.05) is 0 Å². The number of alkyl halides is 3. The molecule has 3 heterocycles. The molecule has 0 saturated carbocycles. The molecule has 0 N–H and O–H groups in total. The Labute approximate surface area is 151 Å². The lowest BCUT2D eigenvalue weighted by Crippen LogP contribution is -2.48. The van der Waals surface area contributed by atoms with Crippen molar-refractivity contribution in [1.82, 2.24) is 19.7 Å². The quantitative estimate of drug-likeness (QED) is 0.739. The summed E-state index contributed by atoms with van der Waals surface area (Å²) in [4.78, 5) is 44.1. The summed E-state index contributed by atoms with van der Waals surface area (Å²) in [5.41, 5.74) is 2.25. The van der Waals surface area contributed by atoms with Crippen LogP contribution in [0, 0.1) is 6.92 Å². The molecule has 2 aliphatic heterocycles. The van der Waals surface area contributed by atoms with E-state index in [4.69, 9.17) is 0 Å². The fourth-order valence-corrected chi connectivity index (χ4v) is 3.98. The molecule has 0 bridgehead atoms. The highest BCUT2D eigenvalue weighted by Crippen LogP contribution is 2.26. The van der Waals surface area contributed by atoms with Crippen molar-refractivity contribution in [3.63, 3.8) is 0 Å². The zero-order chi connectivity index (χ0) is 19.1. The van der Waals surface area contributed by atoms with E-state index in [1.165, 1.54) is 16.2 Å². The lowest BCUT2D eigenvalue weighted by Gasteiger charge is -2.36. The molecule has 3 rings (SSSR count). The lowest BCUT2D eigenvalue weighted by atomic mass is 10.0. The van der Waals surface area contributed by atoms with Gasteiger partial charge in [-0.3, -0.25) is 14.5 Å². The summed E-state index contributed by atoms with van der Waals surface area (Å²) in [6.07, 6.45) is -3.78. The maximum atomic E-state index is 12.5. The van der Waals surface area contributed by atoms with Crippen LogP contribution in [-0.4, -0.2) is 75.9 Å². The molecule has 4 amide bonds. The van der Waals surface area contributed by atoms with Gasteiger partial charge in [0.2, 0.25) is 0 Å². The topological polar surface area (TPSA) is 73.8 Å². The Morgan fingerprint density at radius 1 is 1.31 bits per heavy atom. The Morgan fingerprint density at radius 2 is 1.96 bits per heavy atom. The van der Waals surface area contributed by atoms with Crippen molar-refractivity contribution in [2.75, 3.05) is 26.2 Å². The molecule has 1 aromatic heterocycles. The largest absolute Gasteiger partial charge is 0.406 e. The van der Waals surface area contributed by atoms with Gasteiger partial charge in [0.05, 0.1) is 11.2 Å². The number of aryl methyl sites for hydroxylation is 1. The van der Waals surface area contributed by atoms with Crippen LogP contribution in [0.15, 0.2) is 5.51 Å². The van der Waals surface area contributed by atoms with Gasteiger partial charge in [0.25, 0.3) is 11.8 Å². The minimum atomic E-state index is -4.62. The van der Waals surface area contributed by atoms with Crippen LogP contribution in [0.1, 0.15) is 28.2 Å². The number of carbonyl (C=O) groups is 3. The summed E-state index contributed by atoms with van der Waals surface area (Å²) in [6, 6.07) is -1.26. The van der Waals surface area contributed by atoms with Crippen LogP contribution in [0.3, 0.4) is 0 Å². The fourth-order valence-electron chi connectivity index (χ4n) is 3.21. The fraction of sp³-hybridized carbons (Fsp3) is 0.600. The number of rotatable bonds is 3. The van der Waals surface area contributed by atoms with E-state index >= 15 is 0 Å². The Morgan fingerprint density at radius 3 is 2.50 bits per heavy atom. The van der Waals surface area contributed by atoms with Gasteiger partial charge in [-0.15, -0.1) is 11.3 Å². The number of piperidine rings is 1. The van der Waals surface area contributed by atoms with E-state index in [-0.39, 0.29) is 23.4 Å². The van der Waals surface area contributed by atoms with Crippen LogP contribution in [0.25, 0.3) is 0 Å². The molecule has 7 nitrogen and oxygen atoms in total. The molecule has 2 aliphatic rings. The van der Waals surface area contributed by atoms with Gasteiger partial charge in [-0.2, -0.15) is 13.2 Å². The smallest absolute Gasteiger partial charge is 0.338 e. The minimum absolute atomic E-state index is 0.133. The van der Waals surface area contributed by atoms with Gasteiger partial charge in [-0.05, 0) is 19.8 Å². The number of carbonyl (C=O) groups excluding carboxylic acids is 3. The van der Waals surface area contributed by atoms with E-state index in [9.17, 15) is 27.6 Å². The number of likely N-dealkylation sites (tertiary alicyclic amines) is 1. The lowest BCUT2D eigenvalue weighted by molar-refractivity contribution is -0.151. The van der Waals surface area contributed by atoms with Gasteiger partial charge in [-0.25, -0.2) is 9.78 Å². The normalized spacial score (nSPS) is 19.6. The first-order valence-corrected chi connectivity index (χ1v) is 8.92. The Hall–Kier alpha value is -2.17. The number of aromatic nitrogens is 1. The van der Waals surface area contributed by atoms with E-state index in [0.29, 0.717) is 36.5 Å². The summed E-state index contributed by atoms with van der Waals surface area (Å²) < 4.78 is 37.6. The highest BCUT2D eigenvalue weighted by atomic mass is 32.1. The van der Waals surface area contributed by atoms with Crippen LogP contribution < -0.4 is 0 Å². The van der Waals surface area contributed by atoms with Gasteiger partial charge in [0, 0.05) is 19.1 Å². The van der Waals surface area contributed by atoms with Crippen molar-refractivity contribution >= 4 is 29.2 Å². The molecule has 1 aromatic rings. The van der Waals surface area contributed by atoms with Crippen molar-refractivity contribution < 1.29 is 27.6 Å². The predicted molar refractivity (Wildman–Crippen MR) is 85.6 cm³/mol. The summed E-state index contributed by atoms with van der Waals surface area (Å²) >= 11 is 1.26. The van der Waals surface area contributed by atoms with E-state index < -0.39 is 24.7 Å². The Balaban J connectivity index is 1.60. The van der Waals surface area contributed by atoms with E-state index in [0.717, 1.165) is 0 Å². The van der Waals surface area contributed by atoms with Crippen LogP contribution in [0.2, 0.25) is 0 Å². The molecular formula is C15H17F3N4O3S. The summed E-state index contributed by atoms with van der Waals surface area (Å²) in [6.45, 7) is 0.584. The van der Waals surface area contributed by atoms with Gasteiger partial charge < -0.3 is 9.80 Å². The molecule has 0 aliphatic carbocycles. The SMILES string of the molecule is Cc1ncsc1C(=O)N1CCC(N2CC(=O)N(CC(F)(F)F)C2=O)CC1. The van der Waals surface area contributed by atoms with Crippen molar-refractivity contribution in [2.45, 2.75) is 32.0 Å². The molecule has 0 aromatic carbocycles. The van der Waals surface area contributed by atoms with Crippen molar-refractivity contribution in [2.24, 2.45) is 0 Å². The summed E-state index contributed by atoms with van der Waals surface area (Å²) in [5.74, 6) is -0.975. The molecule has 0 atom stereocenters. The number of nitrogens with zero attached hydrogens (tertiary/aromatic N) is 4. The van der Waals surface area contributed by atoms with Crippen LogP contribution in [0.4, 0.5) is 18.0 Å². The molecule has 0 unspecified atom stereocenters. The monoisotopic (exact) mass is 390 g/mol. The zero-order valence-electron chi connectivity index (χ0n) is 14.0. The van der Waals surface area contributed by atoms with Gasteiger partial charge in [-0.1, -0.05) is 0 Å². The second kappa shape index (κ2) is 6.86. The molecule has 0 radical (unpaired) electrons. The second-order valence-electron chi connectivity index (χ2n) is 6.30. The number of amides is 4. The van der Waals surface area contributed by atoms with Crippen LogP contribution in [0.5, 0.6) is 0 Å². The zero-order valence-corrected chi connectivity index (χ0v) is 14.8. The van der Waals surface area contributed by atoms with E-state index in [1.54, 1.807) is 17.3 Å². The average Bonchev–Trinajstić information content (AvgIpc) is 3.12. The van der Waals surface area contributed by atoms with Gasteiger partial charge in [0.15, 0.2) is 0 Å². The van der Waals surface area contributed by atoms with Gasteiger partial charge >= 0.3 is 12.2 Å². The first-order valence-electron chi connectivity index (χ1n) is 8.04. The standard InChI is InChI=1S/C15H17F3N4O3S/c1-9-12(26-8-19-9)13(24)20-4-2-10(3-5-20)21-6-11(23)22(14(21)25)7-15(16,17)18/h8,10H,2-7H2,1H3. The molecule has 2 fully saturated rings. The molecule has 11 heteroatoms. The minimum Gasteiger partial charge on any atom is -0.338 e. The maximum Gasteiger partial charge on any atom is 0.406 e. The second-order valence-corrected chi connectivity index (χ2v) is 7.15. The van der Waals surface area contributed by atoms with E-state index in [2.05, 4.69) is 4.98 Å². The molecule has 26 heavy (non-hydrogen) atoms. The van der Waals surface area contributed by atoms with Crippen molar-refractivity contribution in [1.29, 1.82) is 0 Å². The Bertz CT molecular complexity index is 728.